The molecule has 0 saturated heterocycles. The van der Waals surface area contributed by atoms with Crippen LogP contribution < -0.4 is 31.1 Å². The largest absolute Gasteiger partial charge is 0.311 e. The Morgan fingerprint density at radius 2 is 0.500 bits per heavy atom. The van der Waals surface area contributed by atoms with E-state index in [-0.39, 0.29) is 6.71 Å². The molecule has 0 saturated carbocycles. The van der Waals surface area contributed by atoms with E-state index in [1.807, 2.05) is 0 Å². The van der Waals surface area contributed by atoms with Gasteiger partial charge in [-0.3, -0.25) is 0 Å². The summed E-state index contributed by atoms with van der Waals surface area (Å²) in [5, 5.41) is 4.84. The third kappa shape index (κ3) is 8.73. The Kier molecular flexibility index (Phi) is 13.0. The van der Waals surface area contributed by atoms with E-state index in [0.717, 1.165) is 129 Å². The van der Waals surface area contributed by atoms with Crippen molar-refractivity contribution < 1.29 is 0 Å². The molecule has 19 rings (SSSR count). The van der Waals surface area contributed by atoms with Crippen LogP contribution in [0.4, 0.5) is 51.2 Å². The monoisotopic (exact) mass is 1220 g/mol. The van der Waals surface area contributed by atoms with E-state index in [2.05, 4.69) is 388 Å². The lowest BCUT2D eigenvalue weighted by molar-refractivity contribution is 1.16. The standard InChI is InChI=1S/C90H60BN5/c1-7-31-61(32-8-1)68-43-19-25-49-78(68)95-86-59-84(93-80-51-27-21-45-70(80)71-46-22-28-52-81(71)93)74(63-35-11-3-12-36-63)57-76(86)91-77-58-75(64-37-13-4-14-38-64)85(94-82-53-29-23-47-72(82)73-48-24-30-54-83(73)94)60-87(77)96(79-50-26-20-44-69(79)62-33-9-2-10-34-62)89-56-67(55-88(95)90(89)91)92(65-39-15-5-16-40-65)66-41-17-6-18-42-66/h1-60H. The van der Waals surface area contributed by atoms with Crippen molar-refractivity contribution in [2.45, 2.75) is 0 Å². The van der Waals surface area contributed by atoms with Crippen molar-refractivity contribution in [3.05, 3.63) is 364 Å². The number of hydrogen-bond donors (Lipinski definition) is 0. The second kappa shape index (κ2) is 22.6. The highest BCUT2D eigenvalue weighted by atomic mass is 15.2. The molecule has 2 aliphatic rings. The summed E-state index contributed by atoms with van der Waals surface area (Å²) in [6.45, 7) is -0.319. The first-order valence-corrected chi connectivity index (χ1v) is 33.1. The molecule has 0 fully saturated rings. The Hall–Kier alpha value is -12.6. The van der Waals surface area contributed by atoms with Crippen molar-refractivity contribution in [1.29, 1.82) is 0 Å². The van der Waals surface area contributed by atoms with Crippen LogP contribution in [0.3, 0.4) is 0 Å². The van der Waals surface area contributed by atoms with Gasteiger partial charge in [-0.2, -0.15) is 0 Å². The van der Waals surface area contributed by atoms with E-state index >= 15 is 0 Å². The minimum atomic E-state index is -0.319. The van der Waals surface area contributed by atoms with Gasteiger partial charge in [0.25, 0.3) is 6.71 Å². The molecule has 0 unspecified atom stereocenters. The van der Waals surface area contributed by atoms with Gasteiger partial charge in [0.1, 0.15) is 0 Å². The van der Waals surface area contributed by atoms with Crippen molar-refractivity contribution in [2.75, 3.05) is 14.7 Å². The van der Waals surface area contributed by atoms with Crippen LogP contribution in [0.2, 0.25) is 0 Å². The maximum absolute atomic E-state index is 2.63. The fraction of sp³-hybridized carbons (Fsp3) is 0. The van der Waals surface area contributed by atoms with Crippen LogP contribution in [0.5, 0.6) is 0 Å². The third-order valence-electron chi connectivity index (χ3n) is 19.8. The van der Waals surface area contributed by atoms with E-state index in [1.165, 1.54) is 37.9 Å². The van der Waals surface area contributed by atoms with E-state index in [9.17, 15) is 0 Å². The maximum Gasteiger partial charge on any atom is 0.252 e. The van der Waals surface area contributed by atoms with Crippen LogP contribution >= 0.6 is 0 Å². The van der Waals surface area contributed by atoms with Gasteiger partial charge in [-0.25, -0.2) is 0 Å². The van der Waals surface area contributed by atoms with Crippen molar-refractivity contribution in [1.82, 2.24) is 9.13 Å². The molecule has 448 valence electrons. The van der Waals surface area contributed by atoms with E-state index < -0.39 is 0 Å². The molecule has 2 aliphatic heterocycles. The minimum absolute atomic E-state index is 0.319. The summed E-state index contributed by atoms with van der Waals surface area (Å²) < 4.78 is 5.06. The van der Waals surface area contributed by atoms with Gasteiger partial charge < -0.3 is 23.8 Å². The summed E-state index contributed by atoms with van der Waals surface area (Å²) in [5.74, 6) is 0. The molecule has 96 heavy (non-hydrogen) atoms. The van der Waals surface area contributed by atoms with Crippen molar-refractivity contribution in [2.24, 2.45) is 0 Å². The molecule has 15 aromatic carbocycles. The predicted molar refractivity (Wildman–Crippen MR) is 406 cm³/mol. The molecular weight excluding hydrogens is 1160 g/mol. The van der Waals surface area contributed by atoms with Crippen LogP contribution in [0.15, 0.2) is 364 Å². The lowest BCUT2D eigenvalue weighted by Crippen LogP contribution is -2.61. The number of fused-ring (bicyclic) bond motifs is 10. The van der Waals surface area contributed by atoms with Gasteiger partial charge in [-0.15, -0.1) is 0 Å². The molecule has 17 aromatic rings. The third-order valence-corrected chi connectivity index (χ3v) is 19.8. The van der Waals surface area contributed by atoms with Crippen LogP contribution in [0.1, 0.15) is 0 Å². The van der Waals surface area contributed by atoms with Crippen LogP contribution in [-0.4, -0.2) is 15.8 Å². The number of nitrogens with zero attached hydrogens (tertiary/aromatic N) is 5. The number of anilines is 9. The first kappa shape index (κ1) is 55.0. The van der Waals surface area contributed by atoms with E-state index in [0.29, 0.717) is 0 Å². The summed E-state index contributed by atoms with van der Waals surface area (Å²) in [7, 11) is 0. The Bertz CT molecular complexity index is 5390. The SMILES string of the molecule is c1ccc(-c2ccccc2N2c3cc(-n4c5ccccc5c5ccccc54)c(-c4ccccc4)cc3B3c4cc(-c5ccccc5)c(-n5c6ccccc6c6ccccc65)cc4N(c4ccccc4-c4ccccc4)c4cc(N(c5ccccc5)c5ccccc5)cc2c43)cc1. The highest BCUT2D eigenvalue weighted by molar-refractivity contribution is 7.00. The van der Waals surface area contributed by atoms with Gasteiger partial charge in [0.2, 0.25) is 0 Å². The zero-order valence-corrected chi connectivity index (χ0v) is 52.5. The van der Waals surface area contributed by atoms with Crippen LogP contribution in [-0.2, 0) is 0 Å². The molecule has 0 amide bonds. The fourth-order valence-corrected chi connectivity index (χ4v) is 15.8. The Labute approximate surface area is 558 Å². The summed E-state index contributed by atoms with van der Waals surface area (Å²) in [6, 6.07) is 135. The van der Waals surface area contributed by atoms with Crippen LogP contribution in [0, 0.1) is 0 Å². The van der Waals surface area contributed by atoms with Crippen LogP contribution in [0.25, 0.3) is 99.5 Å². The average Bonchev–Trinajstić information content (AvgIpc) is 0.690. The summed E-state index contributed by atoms with van der Waals surface area (Å²) in [5.41, 5.74) is 29.1. The molecule has 0 spiro atoms. The zero-order valence-electron chi connectivity index (χ0n) is 52.5. The quantitative estimate of drug-likeness (QED) is 0.120. The Morgan fingerprint density at radius 1 is 0.208 bits per heavy atom. The minimum Gasteiger partial charge on any atom is -0.311 e. The van der Waals surface area contributed by atoms with Gasteiger partial charge in [0, 0.05) is 77.9 Å². The predicted octanol–water partition coefficient (Wildman–Crippen LogP) is 22.1. The molecule has 4 heterocycles. The highest BCUT2D eigenvalue weighted by Crippen LogP contribution is 2.53. The molecule has 0 N–H and O–H groups in total. The second-order valence-corrected chi connectivity index (χ2v) is 25.1. The number of benzene rings is 15. The summed E-state index contributed by atoms with van der Waals surface area (Å²) in [4.78, 5) is 7.71. The Morgan fingerprint density at radius 3 is 0.854 bits per heavy atom. The maximum atomic E-state index is 2.63. The second-order valence-electron chi connectivity index (χ2n) is 25.1. The number of aromatic nitrogens is 2. The Balaban J connectivity index is 1.03. The van der Waals surface area contributed by atoms with Crippen molar-refractivity contribution >= 4 is 118 Å². The highest BCUT2D eigenvalue weighted by Gasteiger charge is 2.46. The molecular formula is C90H60BN5. The van der Waals surface area contributed by atoms with Gasteiger partial charge in [0.05, 0.1) is 50.5 Å². The topological polar surface area (TPSA) is 19.6 Å². The smallest absolute Gasteiger partial charge is 0.252 e. The zero-order chi connectivity index (χ0) is 63.2. The lowest BCUT2D eigenvalue weighted by atomic mass is 9.33. The molecule has 6 heteroatoms. The first-order valence-electron chi connectivity index (χ1n) is 33.1. The van der Waals surface area contributed by atoms with Gasteiger partial charge >= 0.3 is 0 Å². The lowest BCUT2D eigenvalue weighted by Gasteiger charge is -2.46. The molecule has 5 nitrogen and oxygen atoms in total. The average molecular weight is 1220 g/mol. The van der Waals surface area contributed by atoms with E-state index in [1.54, 1.807) is 0 Å². The van der Waals surface area contributed by atoms with E-state index in [4.69, 9.17) is 0 Å². The molecule has 0 bridgehead atoms. The normalized spacial score (nSPS) is 12.3. The van der Waals surface area contributed by atoms with Gasteiger partial charge in [0.15, 0.2) is 0 Å². The molecule has 0 atom stereocenters. The molecule has 0 radical (unpaired) electrons. The molecule has 0 aliphatic carbocycles. The number of rotatable bonds is 11. The summed E-state index contributed by atoms with van der Waals surface area (Å²) >= 11 is 0. The summed E-state index contributed by atoms with van der Waals surface area (Å²) in [6.07, 6.45) is 0. The fourth-order valence-electron chi connectivity index (χ4n) is 15.8. The number of hydrogen-bond acceptors (Lipinski definition) is 3. The van der Waals surface area contributed by atoms with Gasteiger partial charge in [-0.05, 0) is 124 Å². The number of para-hydroxylation sites is 8. The molecule has 2 aromatic heterocycles. The van der Waals surface area contributed by atoms with Crippen molar-refractivity contribution in [3.8, 4) is 55.9 Å². The first-order chi connectivity index (χ1) is 47.7. The van der Waals surface area contributed by atoms with Gasteiger partial charge in [-0.1, -0.05) is 279 Å². The van der Waals surface area contributed by atoms with Crippen molar-refractivity contribution in [3.63, 3.8) is 0 Å².